The second-order valence-electron chi connectivity index (χ2n) is 10.6. The Bertz CT molecular complexity index is 803. The van der Waals surface area contributed by atoms with Crippen LogP contribution in [-0.2, 0) is 20.8 Å². The summed E-state index contributed by atoms with van der Waals surface area (Å²) < 4.78 is 0. The number of nitrogens with zero attached hydrogens (tertiary/aromatic N) is 1. The first kappa shape index (κ1) is 28.7. The molecule has 1 saturated carbocycles. The van der Waals surface area contributed by atoms with Crippen molar-refractivity contribution >= 4 is 23.4 Å². The van der Waals surface area contributed by atoms with Crippen LogP contribution in [0.15, 0.2) is 24.3 Å². The maximum absolute atomic E-state index is 13.4. The van der Waals surface area contributed by atoms with Gasteiger partial charge in [-0.2, -0.15) is 0 Å². The SMILES string of the molecule is CCCCN(C)C(=O)[C@H](CC1CCCCC1)NC(=O)[C@H](CC(C)C)NC(=O)Cc1ccc(N)cc1. The Balaban J connectivity index is 2.09. The summed E-state index contributed by atoms with van der Waals surface area (Å²) in [7, 11) is 1.82. The fraction of sp³-hybridized carbons (Fsp3) is 0.679. The van der Waals surface area contributed by atoms with Crippen LogP contribution in [0, 0.1) is 11.8 Å². The lowest BCUT2D eigenvalue weighted by molar-refractivity contribution is -0.137. The van der Waals surface area contributed by atoms with Crippen molar-refractivity contribution in [2.45, 2.75) is 97.1 Å². The Hall–Kier alpha value is -2.57. The normalized spacial score (nSPS) is 15.9. The van der Waals surface area contributed by atoms with Gasteiger partial charge in [0.2, 0.25) is 17.7 Å². The Labute approximate surface area is 211 Å². The number of amides is 3. The maximum Gasteiger partial charge on any atom is 0.244 e. The molecule has 35 heavy (non-hydrogen) atoms. The van der Waals surface area contributed by atoms with Crippen molar-refractivity contribution in [2.24, 2.45) is 11.8 Å². The molecular weight excluding hydrogens is 440 g/mol. The van der Waals surface area contributed by atoms with E-state index in [9.17, 15) is 14.4 Å². The summed E-state index contributed by atoms with van der Waals surface area (Å²) in [5, 5.41) is 5.96. The highest BCUT2D eigenvalue weighted by Gasteiger charge is 2.31. The molecule has 0 spiro atoms. The zero-order valence-corrected chi connectivity index (χ0v) is 22.1. The van der Waals surface area contributed by atoms with Crippen molar-refractivity contribution in [1.29, 1.82) is 0 Å². The van der Waals surface area contributed by atoms with Crippen LogP contribution in [0.25, 0.3) is 0 Å². The van der Waals surface area contributed by atoms with Gasteiger partial charge in [-0.1, -0.05) is 71.4 Å². The lowest BCUT2D eigenvalue weighted by Gasteiger charge is -2.31. The average molecular weight is 487 g/mol. The maximum atomic E-state index is 13.4. The van der Waals surface area contributed by atoms with Crippen LogP contribution in [-0.4, -0.2) is 48.3 Å². The first-order valence-electron chi connectivity index (χ1n) is 13.4. The highest BCUT2D eigenvalue weighted by molar-refractivity contribution is 5.92. The van der Waals surface area contributed by atoms with Crippen molar-refractivity contribution in [3.05, 3.63) is 29.8 Å². The van der Waals surface area contributed by atoms with Crippen LogP contribution in [0.1, 0.15) is 84.1 Å². The van der Waals surface area contributed by atoms with Gasteiger partial charge in [0.15, 0.2) is 0 Å². The van der Waals surface area contributed by atoms with Gasteiger partial charge in [0.1, 0.15) is 12.1 Å². The van der Waals surface area contributed by atoms with E-state index in [4.69, 9.17) is 5.73 Å². The van der Waals surface area contributed by atoms with Gasteiger partial charge in [0, 0.05) is 19.3 Å². The standard InChI is InChI=1S/C28H46N4O3/c1-5-6-16-32(4)28(35)25(18-21-10-8-7-9-11-21)31-27(34)24(17-20(2)3)30-26(33)19-22-12-14-23(29)15-13-22/h12-15,20-21,24-25H,5-11,16-19,29H2,1-4H3,(H,30,33)(H,31,34)/t24-,25-/m0/s1. The minimum atomic E-state index is -0.682. The Morgan fingerprint density at radius 3 is 2.29 bits per heavy atom. The molecule has 1 aromatic carbocycles. The molecular formula is C28H46N4O3. The molecule has 2 atom stereocenters. The first-order chi connectivity index (χ1) is 16.7. The van der Waals surface area contributed by atoms with Crippen molar-refractivity contribution in [3.63, 3.8) is 0 Å². The number of rotatable bonds is 13. The Morgan fingerprint density at radius 2 is 1.69 bits per heavy atom. The van der Waals surface area contributed by atoms with Gasteiger partial charge in [0.25, 0.3) is 0 Å². The van der Waals surface area contributed by atoms with E-state index < -0.39 is 12.1 Å². The zero-order chi connectivity index (χ0) is 25.8. The number of carbonyl (C=O) groups excluding carboxylic acids is 3. The fourth-order valence-electron chi connectivity index (χ4n) is 4.79. The van der Waals surface area contributed by atoms with Gasteiger partial charge in [-0.3, -0.25) is 14.4 Å². The van der Waals surface area contributed by atoms with E-state index in [0.717, 1.165) is 31.2 Å². The van der Waals surface area contributed by atoms with E-state index in [2.05, 4.69) is 17.6 Å². The van der Waals surface area contributed by atoms with Crippen molar-refractivity contribution in [2.75, 3.05) is 19.3 Å². The largest absolute Gasteiger partial charge is 0.399 e. The molecule has 4 N–H and O–H groups in total. The van der Waals surface area contributed by atoms with Gasteiger partial charge >= 0.3 is 0 Å². The molecule has 2 rings (SSSR count). The monoisotopic (exact) mass is 486 g/mol. The number of likely N-dealkylation sites (N-methyl/N-ethyl adjacent to an activating group) is 1. The second-order valence-corrected chi connectivity index (χ2v) is 10.6. The molecule has 0 heterocycles. The number of unbranched alkanes of at least 4 members (excludes halogenated alkanes) is 1. The lowest BCUT2D eigenvalue weighted by Crippen LogP contribution is -2.55. The van der Waals surface area contributed by atoms with E-state index in [1.54, 1.807) is 17.0 Å². The second kappa shape index (κ2) is 14.7. The van der Waals surface area contributed by atoms with Crippen LogP contribution in [0.3, 0.4) is 0 Å². The van der Waals surface area contributed by atoms with Crippen molar-refractivity contribution in [1.82, 2.24) is 15.5 Å². The average Bonchev–Trinajstić information content (AvgIpc) is 2.83. The Morgan fingerprint density at radius 1 is 1.03 bits per heavy atom. The zero-order valence-electron chi connectivity index (χ0n) is 22.1. The highest BCUT2D eigenvalue weighted by Crippen LogP contribution is 2.28. The first-order valence-corrected chi connectivity index (χ1v) is 13.4. The van der Waals surface area contributed by atoms with E-state index in [1.165, 1.54) is 19.3 Å². The van der Waals surface area contributed by atoms with E-state index in [0.29, 0.717) is 31.0 Å². The molecule has 0 radical (unpaired) electrons. The molecule has 0 unspecified atom stereocenters. The third-order valence-corrected chi connectivity index (χ3v) is 6.83. The smallest absolute Gasteiger partial charge is 0.244 e. The molecule has 0 aromatic heterocycles. The molecule has 0 bridgehead atoms. The minimum absolute atomic E-state index is 0.0335. The van der Waals surface area contributed by atoms with Crippen LogP contribution in [0.4, 0.5) is 5.69 Å². The molecule has 1 aliphatic rings. The third kappa shape index (κ3) is 10.3. The van der Waals surface area contributed by atoms with Crippen molar-refractivity contribution < 1.29 is 14.4 Å². The number of hydrogen-bond acceptors (Lipinski definition) is 4. The fourth-order valence-corrected chi connectivity index (χ4v) is 4.79. The van der Waals surface area contributed by atoms with E-state index in [1.807, 2.05) is 33.0 Å². The molecule has 3 amide bonds. The number of hydrogen-bond donors (Lipinski definition) is 3. The number of anilines is 1. The van der Waals surface area contributed by atoms with Gasteiger partial charge < -0.3 is 21.3 Å². The van der Waals surface area contributed by atoms with Gasteiger partial charge in [-0.15, -0.1) is 0 Å². The molecule has 1 aromatic rings. The van der Waals surface area contributed by atoms with Gasteiger partial charge in [0.05, 0.1) is 6.42 Å². The van der Waals surface area contributed by atoms with Crippen LogP contribution in [0.5, 0.6) is 0 Å². The molecule has 0 saturated heterocycles. The predicted octanol–water partition coefficient (Wildman–Crippen LogP) is 4.06. The number of carbonyl (C=O) groups is 3. The predicted molar refractivity (Wildman–Crippen MR) is 142 cm³/mol. The van der Waals surface area contributed by atoms with Crippen LogP contribution >= 0.6 is 0 Å². The van der Waals surface area contributed by atoms with E-state index in [-0.39, 0.29) is 30.1 Å². The number of nitrogens with one attached hydrogen (secondary N) is 2. The topological polar surface area (TPSA) is 105 Å². The molecule has 0 aliphatic heterocycles. The molecule has 1 fully saturated rings. The van der Waals surface area contributed by atoms with Crippen LogP contribution in [0.2, 0.25) is 0 Å². The Kier molecular flexibility index (Phi) is 12.1. The third-order valence-electron chi connectivity index (χ3n) is 6.83. The summed E-state index contributed by atoms with van der Waals surface area (Å²) in [6.07, 6.45) is 9.10. The minimum Gasteiger partial charge on any atom is -0.399 e. The van der Waals surface area contributed by atoms with Gasteiger partial charge in [-0.05, 0) is 48.8 Å². The molecule has 196 valence electrons. The van der Waals surface area contributed by atoms with Gasteiger partial charge in [-0.25, -0.2) is 0 Å². The van der Waals surface area contributed by atoms with Crippen molar-refractivity contribution in [3.8, 4) is 0 Å². The highest BCUT2D eigenvalue weighted by atomic mass is 16.2. The molecule has 1 aliphatic carbocycles. The lowest BCUT2D eigenvalue weighted by atomic mass is 9.84. The summed E-state index contributed by atoms with van der Waals surface area (Å²) in [4.78, 5) is 41.2. The summed E-state index contributed by atoms with van der Waals surface area (Å²) in [6, 6.07) is 5.92. The number of nitrogens with two attached hydrogens (primary N) is 1. The van der Waals surface area contributed by atoms with Crippen LogP contribution < -0.4 is 16.4 Å². The summed E-state index contributed by atoms with van der Waals surface area (Å²) in [5.41, 5.74) is 7.21. The summed E-state index contributed by atoms with van der Waals surface area (Å²) >= 11 is 0. The number of benzene rings is 1. The molecule has 7 heteroatoms. The quantitative estimate of drug-likeness (QED) is 0.366. The molecule has 7 nitrogen and oxygen atoms in total. The summed E-state index contributed by atoms with van der Waals surface area (Å²) in [5.74, 6) is 0.130. The summed E-state index contributed by atoms with van der Waals surface area (Å²) in [6.45, 7) is 6.83. The van der Waals surface area contributed by atoms with E-state index >= 15 is 0 Å². The number of nitrogen functional groups attached to an aromatic ring is 1.